The first-order chi connectivity index (χ1) is 16.8. The van der Waals surface area contributed by atoms with Gasteiger partial charge in [0.15, 0.2) is 5.82 Å². The second-order valence-electron chi connectivity index (χ2n) is 10.4. The molecule has 1 fully saturated rings. The van der Waals surface area contributed by atoms with Crippen molar-refractivity contribution in [3.8, 4) is 17.1 Å². The highest BCUT2D eigenvalue weighted by molar-refractivity contribution is 5.55. The quantitative estimate of drug-likeness (QED) is 0.183. The predicted molar refractivity (Wildman–Crippen MR) is 144 cm³/mol. The Bertz CT molecular complexity index is 752. The van der Waals surface area contributed by atoms with E-state index in [1.807, 2.05) is 24.5 Å². The van der Waals surface area contributed by atoms with Gasteiger partial charge < -0.3 is 4.74 Å². The molecule has 1 aliphatic carbocycles. The molecule has 188 valence electrons. The third kappa shape index (κ3) is 11.5. The van der Waals surface area contributed by atoms with Gasteiger partial charge in [-0.1, -0.05) is 103 Å². The van der Waals surface area contributed by atoms with Crippen molar-refractivity contribution in [1.82, 2.24) is 9.97 Å². The number of aromatic nitrogens is 2. The maximum atomic E-state index is 5.93. The molecule has 34 heavy (non-hydrogen) atoms. The summed E-state index contributed by atoms with van der Waals surface area (Å²) in [5.74, 6) is 2.84. The van der Waals surface area contributed by atoms with Crippen LogP contribution >= 0.6 is 0 Å². The highest BCUT2D eigenvalue weighted by atomic mass is 16.5. The van der Waals surface area contributed by atoms with E-state index in [2.05, 4.69) is 29.0 Å². The van der Waals surface area contributed by atoms with Crippen molar-refractivity contribution in [3.63, 3.8) is 0 Å². The van der Waals surface area contributed by atoms with E-state index in [9.17, 15) is 0 Å². The molecule has 1 aromatic heterocycles. The molecule has 0 spiro atoms. The van der Waals surface area contributed by atoms with E-state index < -0.39 is 0 Å². The molecular formula is C31H48N2O. The molecule has 1 aliphatic rings. The molecule has 1 saturated carbocycles. The normalized spacial score (nSPS) is 13.3. The Kier molecular flexibility index (Phi) is 13.1. The van der Waals surface area contributed by atoms with Gasteiger partial charge in [-0.05, 0) is 55.0 Å². The van der Waals surface area contributed by atoms with Gasteiger partial charge in [-0.2, -0.15) is 0 Å². The molecule has 0 unspecified atom stereocenters. The van der Waals surface area contributed by atoms with Crippen LogP contribution in [0.25, 0.3) is 11.4 Å². The van der Waals surface area contributed by atoms with Crippen molar-refractivity contribution in [2.75, 3.05) is 6.61 Å². The van der Waals surface area contributed by atoms with E-state index in [-0.39, 0.29) is 0 Å². The predicted octanol–water partition coefficient (Wildman–Crippen LogP) is 9.35. The second kappa shape index (κ2) is 16.7. The van der Waals surface area contributed by atoms with Crippen LogP contribution in [-0.2, 0) is 6.42 Å². The summed E-state index contributed by atoms with van der Waals surface area (Å²) in [4.78, 5) is 9.21. The second-order valence-corrected chi connectivity index (χ2v) is 10.4. The summed E-state index contributed by atoms with van der Waals surface area (Å²) in [5, 5.41) is 0. The summed E-state index contributed by atoms with van der Waals surface area (Å²) in [6, 6.07) is 8.24. The van der Waals surface area contributed by atoms with Crippen LogP contribution in [0.4, 0.5) is 0 Å². The van der Waals surface area contributed by atoms with Gasteiger partial charge in [-0.3, -0.25) is 0 Å². The van der Waals surface area contributed by atoms with E-state index in [0.717, 1.165) is 42.5 Å². The fourth-order valence-electron chi connectivity index (χ4n) is 4.63. The average molecular weight is 465 g/mol. The first-order valence-electron chi connectivity index (χ1n) is 14.4. The molecule has 3 heteroatoms. The Morgan fingerprint density at radius 2 is 1.29 bits per heavy atom. The van der Waals surface area contributed by atoms with Crippen LogP contribution in [-0.4, -0.2) is 16.6 Å². The molecule has 0 atom stereocenters. The van der Waals surface area contributed by atoms with Gasteiger partial charge in [0.05, 0.1) is 6.61 Å². The van der Waals surface area contributed by atoms with Gasteiger partial charge in [0.2, 0.25) is 0 Å². The van der Waals surface area contributed by atoms with Gasteiger partial charge in [-0.25, -0.2) is 9.97 Å². The Labute approximate surface area is 209 Å². The molecule has 0 amide bonds. The van der Waals surface area contributed by atoms with Crippen LogP contribution in [0.15, 0.2) is 36.7 Å². The minimum absolute atomic E-state index is 0.799. The number of benzene rings is 1. The molecule has 0 bridgehead atoms. The largest absolute Gasteiger partial charge is 0.494 e. The van der Waals surface area contributed by atoms with Crippen LogP contribution in [0, 0.1) is 5.92 Å². The van der Waals surface area contributed by atoms with Crippen molar-refractivity contribution in [3.05, 3.63) is 42.2 Å². The zero-order valence-electron chi connectivity index (χ0n) is 21.8. The highest BCUT2D eigenvalue weighted by Gasteiger charge is 2.19. The van der Waals surface area contributed by atoms with E-state index in [1.54, 1.807) is 0 Å². The van der Waals surface area contributed by atoms with E-state index >= 15 is 0 Å². The topological polar surface area (TPSA) is 35.0 Å². The zero-order valence-corrected chi connectivity index (χ0v) is 21.8. The minimum atomic E-state index is 0.799. The van der Waals surface area contributed by atoms with E-state index in [4.69, 9.17) is 4.74 Å². The van der Waals surface area contributed by atoms with Crippen LogP contribution in [0.2, 0.25) is 0 Å². The van der Waals surface area contributed by atoms with Gasteiger partial charge in [0.1, 0.15) is 5.75 Å². The van der Waals surface area contributed by atoms with Crippen molar-refractivity contribution >= 4 is 0 Å². The smallest absolute Gasteiger partial charge is 0.159 e. The summed E-state index contributed by atoms with van der Waals surface area (Å²) in [6.07, 6.45) is 28.4. The summed E-state index contributed by atoms with van der Waals surface area (Å²) in [7, 11) is 0. The highest BCUT2D eigenvalue weighted by Crippen LogP contribution is 2.34. The number of ether oxygens (including phenoxy) is 1. The number of hydrogen-bond donors (Lipinski definition) is 0. The lowest BCUT2D eigenvalue weighted by molar-refractivity contribution is 0.304. The van der Waals surface area contributed by atoms with Crippen LogP contribution in [0.1, 0.15) is 122 Å². The molecule has 0 radical (unpaired) electrons. The molecule has 1 heterocycles. The van der Waals surface area contributed by atoms with Crippen LogP contribution in [0.3, 0.4) is 0 Å². The standard InChI is InChI=1S/C31H48N2O/c1-2-3-4-5-6-7-11-14-17-28-25-32-31(33-26-28)29-20-22-30(23-21-29)34-24-15-12-9-8-10-13-16-27-18-19-27/h20-23,25-27H,2-19,24H2,1H3. The lowest BCUT2D eigenvalue weighted by Crippen LogP contribution is -1.97. The number of nitrogens with zero attached hydrogens (tertiary/aromatic N) is 2. The molecule has 3 nitrogen and oxygen atoms in total. The maximum absolute atomic E-state index is 5.93. The van der Waals surface area contributed by atoms with Crippen LogP contribution < -0.4 is 4.74 Å². The Morgan fingerprint density at radius 3 is 1.94 bits per heavy atom. The molecule has 2 aromatic rings. The monoisotopic (exact) mass is 464 g/mol. The first kappa shape index (κ1) is 26.7. The number of rotatable bonds is 20. The summed E-state index contributed by atoms with van der Waals surface area (Å²) in [5.41, 5.74) is 2.30. The van der Waals surface area contributed by atoms with Crippen molar-refractivity contribution in [2.24, 2.45) is 5.92 Å². The molecule has 0 saturated heterocycles. The zero-order chi connectivity index (χ0) is 23.7. The summed E-state index contributed by atoms with van der Waals surface area (Å²) >= 11 is 0. The SMILES string of the molecule is CCCCCCCCCCc1cnc(-c2ccc(OCCCCCCCCC3CC3)cc2)nc1. The average Bonchev–Trinajstić information content (AvgIpc) is 3.70. The molecule has 0 N–H and O–H groups in total. The van der Waals surface area contributed by atoms with Crippen LogP contribution in [0.5, 0.6) is 5.75 Å². The minimum Gasteiger partial charge on any atom is -0.494 e. The summed E-state index contributed by atoms with van der Waals surface area (Å²) in [6.45, 7) is 3.09. The summed E-state index contributed by atoms with van der Waals surface area (Å²) < 4.78 is 5.93. The molecule has 3 rings (SSSR count). The van der Waals surface area contributed by atoms with Crippen molar-refractivity contribution < 1.29 is 4.74 Å². The van der Waals surface area contributed by atoms with E-state index in [1.165, 1.54) is 108 Å². The maximum Gasteiger partial charge on any atom is 0.159 e. The van der Waals surface area contributed by atoms with Crippen molar-refractivity contribution in [1.29, 1.82) is 0 Å². The molecule has 1 aromatic carbocycles. The number of unbranched alkanes of at least 4 members (excludes halogenated alkanes) is 12. The van der Waals surface area contributed by atoms with Gasteiger partial charge >= 0.3 is 0 Å². The third-order valence-electron chi connectivity index (χ3n) is 7.11. The lowest BCUT2D eigenvalue weighted by Gasteiger charge is -2.08. The van der Waals surface area contributed by atoms with E-state index in [0.29, 0.717) is 0 Å². The lowest BCUT2D eigenvalue weighted by atomic mass is 10.1. The Hall–Kier alpha value is -1.90. The van der Waals surface area contributed by atoms with Gasteiger partial charge in [-0.15, -0.1) is 0 Å². The fraction of sp³-hybridized carbons (Fsp3) is 0.677. The Balaban J connectivity index is 1.23. The molecular weight excluding hydrogens is 416 g/mol. The third-order valence-corrected chi connectivity index (χ3v) is 7.11. The number of hydrogen-bond acceptors (Lipinski definition) is 3. The molecule has 0 aliphatic heterocycles. The fourth-order valence-corrected chi connectivity index (χ4v) is 4.63. The van der Waals surface area contributed by atoms with Crippen molar-refractivity contribution in [2.45, 2.75) is 122 Å². The van der Waals surface area contributed by atoms with Gasteiger partial charge in [0.25, 0.3) is 0 Å². The van der Waals surface area contributed by atoms with Gasteiger partial charge in [0, 0.05) is 18.0 Å². The number of aryl methyl sites for hydroxylation is 1. The Morgan fingerprint density at radius 1 is 0.706 bits per heavy atom. The first-order valence-corrected chi connectivity index (χ1v) is 14.4.